The summed E-state index contributed by atoms with van der Waals surface area (Å²) in [6.45, 7) is 4.42. The van der Waals surface area contributed by atoms with E-state index < -0.39 is 0 Å². The van der Waals surface area contributed by atoms with Crippen molar-refractivity contribution < 1.29 is 9.59 Å². The van der Waals surface area contributed by atoms with Gasteiger partial charge in [0.25, 0.3) is 5.91 Å². The Bertz CT molecular complexity index is 919. The summed E-state index contributed by atoms with van der Waals surface area (Å²) in [6.07, 6.45) is 3.71. The zero-order valence-corrected chi connectivity index (χ0v) is 18.2. The first-order valence-corrected chi connectivity index (χ1v) is 11.1. The molecule has 0 aliphatic carbocycles. The summed E-state index contributed by atoms with van der Waals surface area (Å²) in [5, 5.41) is 5.27. The largest absolute Gasteiger partial charge is 0.302 e. The molecule has 2 heterocycles. The number of benzene rings is 1. The van der Waals surface area contributed by atoms with E-state index in [1.807, 2.05) is 30.5 Å². The fourth-order valence-electron chi connectivity index (χ4n) is 2.68. The van der Waals surface area contributed by atoms with Crippen LogP contribution in [0.15, 0.2) is 34.6 Å². The molecule has 1 aliphatic rings. The predicted octanol–water partition coefficient (Wildman–Crippen LogP) is 4.63. The predicted molar refractivity (Wildman–Crippen MR) is 120 cm³/mol. The number of anilines is 1. The van der Waals surface area contributed by atoms with Crippen LogP contribution in [-0.4, -0.2) is 32.6 Å². The molecule has 1 fully saturated rings. The van der Waals surface area contributed by atoms with Crippen LogP contribution in [0.3, 0.4) is 0 Å². The van der Waals surface area contributed by atoms with E-state index in [0.717, 1.165) is 17.7 Å². The molecule has 1 saturated heterocycles. The molecule has 0 saturated carbocycles. The van der Waals surface area contributed by atoms with Crippen LogP contribution >= 0.6 is 35.3 Å². The van der Waals surface area contributed by atoms with Crippen molar-refractivity contribution in [1.29, 1.82) is 0 Å². The van der Waals surface area contributed by atoms with Crippen molar-refractivity contribution in [2.75, 3.05) is 11.9 Å². The number of carbonyl (C=O) groups excluding carboxylic acids is 2. The van der Waals surface area contributed by atoms with Crippen molar-refractivity contribution in [3.63, 3.8) is 0 Å². The highest BCUT2D eigenvalue weighted by atomic mass is 32.2. The zero-order valence-electron chi connectivity index (χ0n) is 15.7. The third kappa shape index (κ3) is 5.27. The van der Waals surface area contributed by atoms with Gasteiger partial charge in [0.05, 0.1) is 10.6 Å². The number of carbonyl (C=O) groups is 2. The maximum Gasteiger partial charge on any atom is 0.266 e. The van der Waals surface area contributed by atoms with Gasteiger partial charge in [-0.05, 0) is 37.0 Å². The lowest BCUT2D eigenvalue weighted by Crippen LogP contribution is -2.29. The number of thiocarbonyl (C=S) groups is 1. The van der Waals surface area contributed by atoms with E-state index in [2.05, 4.69) is 29.4 Å². The van der Waals surface area contributed by atoms with Crippen LogP contribution in [0, 0.1) is 6.92 Å². The molecule has 0 unspecified atom stereocenters. The maximum absolute atomic E-state index is 12.7. The summed E-state index contributed by atoms with van der Waals surface area (Å²) in [7, 11) is 0. The van der Waals surface area contributed by atoms with Crippen LogP contribution in [0.4, 0.5) is 5.13 Å². The summed E-state index contributed by atoms with van der Waals surface area (Å²) in [5.41, 5.74) is 3.13. The van der Waals surface area contributed by atoms with Gasteiger partial charge in [-0.25, -0.2) is 4.98 Å². The molecular formula is C20H21N3O2S3. The van der Waals surface area contributed by atoms with Crippen LogP contribution in [0.1, 0.15) is 36.6 Å². The topological polar surface area (TPSA) is 62.3 Å². The van der Waals surface area contributed by atoms with E-state index in [1.165, 1.54) is 28.7 Å². The van der Waals surface area contributed by atoms with Gasteiger partial charge in [0.15, 0.2) is 5.13 Å². The molecule has 1 N–H and O–H groups in total. The molecule has 1 aliphatic heterocycles. The SMILES string of the molecule is CCc1ccc(/C=C2/SC(=S)N(CCCC(=O)Nc3nc(C)cs3)C2=O)cc1. The lowest BCUT2D eigenvalue weighted by atomic mass is 10.1. The van der Waals surface area contributed by atoms with E-state index >= 15 is 0 Å². The zero-order chi connectivity index (χ0) is 20.1. The molecule has 146 valence electrons. The van der Waals surface area contributed by atoms with Gasteiger partial charge < -0.3 is 5.32 Å². The normalized spacial score (nSPS) is 15.5. The molecule has 2 amide bonds. The molecule has 0 spiro atoms. The van der Waals surface area contributed by atoms with Crippen molar-refractivity contribution >= 4 is 62.7 Å². The van der Waals surface area contributed by atoms with Gasteiger partial charge in [-0.1, -0.05) is 55.2 Å². The number of hydrogen-bond donors (Lipinski definition) is 1. The maximum atomic E-state index is 12.7. The molecule has 5 nitrogen and oxygen atoms in total. The number of amides is 2. The minimum atomic E-state index is -0.105. The third-order valence-electron chi connectivity index (χ3n) is 4.21. The Labute approximate surface area is 178 Å². The Kier molecular flexibility index (Phi) is 6.98. The molecule has 0 bridgehead atoms. The average Bonchev–Trinajstić information content (AvgIpc) is 3.19. The number of thiazole rings is 1. The van der Waals surface area contributed by atoms with Crippen molar-refractivity contribution in [2.24, 2.45) is 0 Å². The third-order valence-corrected chi connectivity index (χ3v) is 6.46. The summed E-state index contributed by atoms with van der Waals surface area (Å²) in [6, 6.07) is 8.15. The number of aromatic nitrogens is 1. The van der Waals surface area contributed by atoms with Gasteiger partial charge in [0, 0.05) is 18.3 Å². The van der Waals surface area contributed by atoms with Crippen molar-refractivity contribution in [2.45, 2.75) is 33.1 Å². The minimum absolute atomic E-state index is 0.0921. The van der Waals surface area contributed by atoms with Crippen molar-refractivity contribution in [3.8, 4) is 0 Å². The van der Waals surface area contributed by atoms with Crippen LogP contribution in [0.25, 0.3) is 6.08 Å². The Hall–Kier alpha value is -2.03. The van der Waals surface area contributed by atoms with Crippen molar-refractivity contribution in [1.82, 2.24) is 9.88 Å². The highest BCUT2D eigenvalue weighted by molar-refractivity contribution is 8.26. The lowest BCUT2D eigenvalue weighted by molar-refractivity contribution is -0.122. The molecule has 0 atom stereocenters. The summed E-state index contributed by atoms with van der Waals surface area (Å²) < 4.78 is 0.539. The Balaban J connectivity index is 1.53. The van der Waals surface area contributed by atoms with Gasteiger partial charge in [0.2, 0.25) is 5.91 Å². The van der Waals surface area contributed by atoms with E-state index in [1.54, 1.807) is 4.90 Å². The molecule has 1 aromatic heterocycles. The van der Waals surface area contributed by atoms with E-state index in [-0.39, 0.29) is 11.8 Å². The van der Waals surface area contributed by atoms with E-state index in [9.17, 15) is 9.59 Å². The minimum Gasteiger partial charge on any atom is -0.302 e. The van der Waals surface area contributed by atoms with Crippen LogP contribution in [0.2, 0.25) is 0 Å². The summed E-state index contributed by atoms with van der Waals surface area (Å²) in [4.78, 5) is 31.1. The molecule has 1 aromatic carbocycles. The van der Waals surface area contributed by atoms with Gasteiger partial charge in [-0.15, -0.1) is 11.3 Å². The second kappa shape index (κ2) is 9.45. The van der Waals surface area contributed by atoms with E-state index in [4.69, 9.17) is 12.2 Å². The standard InChI is InChI=1S/C20H21N3O2S3/c1-3-14-6-8-15(9-7-14)11-16-18(25)23(20(26)28-16)10-4-5-17(24)22-19-21-13(2)12-27-19/h6-9,11-12H,3-5,10H2,1-2H3,(H,21,22,24)/b16-11+. The molecule has 2 aromatic rings. The Morgan fingerprint density at radius 3 is 2.71 bits per heavy atom. The van der Waals surface area contributed by atoms with Crippen LogP contribution in [-0.2, 0) is 16.0 Å². The van der Waals surface area contributed by atoms with Crippen molar-refractivity contribution in [3.05, 3.63) is 51.4 Å². The second-order valence-electron chi connectivity index (χ2n) is 6.37. The number of nitrogens with one attached hydrogen (secondary N) is 1. The number of aryl methyl sites for hydroxylation is 2. The van der Waals surface area contributed by atoms with Gasteiger partial charge in [-0.2, -0.15) is 0 Å². The first kappa shape index (κ1) is 20.7. The molecular weight excluding hydrogens is 410 g/mol. The molecule has 28 heavy (non-hydrogen) atoms. The van der Waals surface area contributed by atoms with Gasteiger partial charge in [0.1, 0.15) is 4.32 Å². The monoisotopic (exact) mass is 431 g/mol. The van der Waals surface area contributed by atoms with Gasteiger partial charge in [-0.3, -0.25) is 14.5 Å². The lowest BCUT2D eigenvalue weighted by Gasteiger charge is -2.13. The fraction of sp³-hybridized carbons (Fsp3) is 0.300. The summed E-state index contributed by atoms with van der Waals surface area (Å²) >= 11 is 8.07. The van der Waals surface area contributed by atoms with E-state index in [0.29, 0.717) is 33.7 Å². The number of thioether (sulfide) groups is 1. The molecule has 8 heteroatoms. The number of nitrogens with zero attached hydrogens (tertiary/aromatic N) is 2. The number of hydrogen-bond acceptors (Lipinski definition) is 6. The smallest absolute Gasteiger partial charge is 0.266 e. The molecule has 0 radical (unpaired) electrons. The van der Waals surface area contributed by atoms with Gasteiger partial charge >= 0.3 is 0 Å². The number of rotatable bonds is 7. The first-order chi connectivity index (χ1) is 13.5. The first-order valence-electron chi connectivity index (χ1n) is 9.02. The summed E-state index contributed by atoms with van der Waals surface area (Å²) in [5.74, 6) is -0.197. The van der Waals surface area contributed by atoms with Crippen LogP contribution < -0.4 is 5.32 Å². The molecule has 3 rings (SSSR count). The second-order valence-corrected chi connectivity index (χ2v) is 8.91. The Morgan fingerprint density at radius 1 is 1.32 bits per heavy atom. The highest BCUT2D eigenvalue weighted by Gasteiger charge is 2.31. The quantitative estimate of drug-likeness (QED) is 0.511. The fourth-order valence-corrected chi connectivity index (χ4v) is 4.70. The Morgan fingerprint density at radius 2 is 2.07 bits per heavy atom. The average molecular weight is 432 g/mol. The van der Waals surface area contributed by atoms with Crippen LogP contribution in [0.5, 0.6) is 0 Å². The highest BCUT2D eigenvalue weighted by Crippen LogP contribution is 2.32.